The lowest BCUT2D eigenvalue weighted by molar-refractivity contribution is 0.0914. The zero-order chi connectivity index (χ0) is 11.8. The van der Waals surface area contributed by atoms with Gasteiger partial charge in [-0.3, -0.25) is 4.79 Å². The van der Waals surface area contributed by atoms with Crippen LogP contribution >= 0.6 is 11.3 Å². The van der Waals surface area contributed by atoms with Crippen LogP contribution in [0.2, 0.25) is 0 Å². The molecule has 88 valence electrons. The molecule has 1 amide bonds. The number of carbonyl (C=O) groups is 1. The van der Waals surface area contributed by atoms with Gasteiger partial charge in [0.2, 0.25) is 0 Å². The Balaban J connectivity index is 1.76. The van der Waals surface area contributed by atoms with Crippen LogP contribution in [-0.2, 0) is 0 Å². The standard InChI is InChI=1S/C13H14N2OS/c14-9-6-10(7-9)15-13(16)12-5-8-3-1-2-4-11(8)17-12/h1-5,9-10H,6-7,14H2,(H,15,16). The summed E-state index contributed by atoms with van der Waals surface area (Å²) in [5.74, 6) is 0.0306. The van der Waals surface area contributed by atoms with Crippen molar-refractivity contribution >= 4 is 27.3 Å². The second-order valence-electron chi connectivity index (χ2n) is 4.55. The Labute approximate surface area is 104 Å². The van der Waals surface area contributed by atoms with Gasteiger partial charge in [-0.05, 0) is 30.4 Å². The third kappa shape index (κ3) is 2.06. The average molecular weight is 246 g/mol. The van der Waals surface area contributed by atoms with Crippen molar-refractivity contribution in [2.45, 2.75) is 24.9 Å². The van der Waals surface area contributed by atoms with E-state index in [4.69, 9.17) is 5.73 Å². The molecule has 17 heavy (non-hydrogen) atoms. The number of carbonyl (C=O) groups excluding carboxylic acids is 1. The Morgan fingerprint density at radius 3 is 2.82 bits per heavy atom. The van der Waals surface area contributed by atoms with Gasteiger partial charge in [-0.1, -0.05) is 18.2 Å². The van der Waals surface area contributed by atoms with Crippen LogP contribution < -0.4 is 11.1 Å². The number of hydrogen-bond acceptors (Lipinski definition) is 3. The van der Waals surface area contributed by atoms with Crippen LogP contribution in [-0.4, -0.2) is 18.0 Å². The summed E-state index contributed by atoms with van der Waals surface area (Å²) in [4.78, 5) is 12.8. The quantitative estimate of drug-likeness (QED) is 0.852. The lowest BCUT2D eigenvalue weighted by atomic mass is 9.87. The summed E-state index contributed by atoms with van der Waals surface area (Å²) in [6.07, 6.45) is 1.80. The highest BCUT2D eigenvalue weighted by Gasteiger charge is 2.27. The molecule has 1 aliphatic carbocycles. The van der Waals surface area contributed by atoms with E-state index in [9.17, 15) is 4.79 Å². The molecule has 0 bridgehead atoms. The van der Waals surface area contributed by atoms with Gasteiger partial charge in [0.15, 0.2) is 0 Å². The summed E-state index contributed by atoms with van der Waals surface area (Å²) >= 11 is 1.54. The Kier molecular flexibility index (Phi) is 2.61. The van der Waals surface area contributed by atoms with Crippen molar-refractivity contribution < 1.29 is 4.79 Å². The number of fused-ring (bicyclic) bond motifs is 1. The lowest BCUT2D eigenvalue weighted by Crippen LogP contribution is -2.50. The third-order valence-electron chi connectivity index (χ3n) is 3.16. The topological polar surface area (TPSA) is 55.1 Å². The van der Waals surface area contributed by atoms with Crippen molar-refractivity contribution in [3.05, 3.63) is 35.2 Å². The van der Waals surface area contributed by atoms with Crippen LogP contribution in [0.5, 0.6) is 0 Å². The van der Waals surface area contributed by atoms with Gasteiger partial charge < -0.3 is 11.1 Å². The van der Waals surface area contributed by atoms with Crippen molar-refractivity contribution in [3.8, 4) is 0 Å². The smallest absolute Gasteiger partial charge is 0.261 e. The van der Waals surface area contributed by atoms with E-state index >= 15 is 0 Å². The lowest BCUT2D eigenvalue weighted by Gasteiger charge is -2.32. The molecule has 1 aromatic carbocycles. The summed E-state index contributed by atoms with van der Waals surface area (Å²) in [6, 6.07) is 10.5. The number of benzene rings is 1. The summed E-state index contributed by atoms with van der Waals surface area (Å²) in [5.41, 5.74) is 5.70. The number of nitrogens with one attached hydrogen (secondary N) is 1. The zero-order valence-electron chi connectivity index (χ0n) is 9.35. The minimum absolute atomic E-state index is 0.0306. The second-order valence-corrected chi connectivity index (χ2v) is 5.63. The van der Waals surface area contributed by atoms with Gasteiger partial charge in [-0.25, -0.2) is 0 Å². The van der Waals surface area contributed by atoms with E-state index in [1.165, 1.54) is 11.3 Å². The fourth-order valence-corrected chi connectivity index (χ4v) is 3.10. The van der Waals surface area contributed by atoms with Crippen molar-refractivity contribution in [1.29, 1.82) is 0 Å². The Morgan fingerprint density at radius 2 is 2.12 bits per heavy atom. The highest BCUT2D eigenvalue weighted by atomic mass is 32.1. The molecule has 0 radical (unpaired) electrons. The van der Waals surface area contributed by atoms with Crippen LogP contribution in [0.1, 0.15) is 22.5 Å². The van der Waals surface area contributed by atoms with Crippen LogP contribution in [0, 0.1) is 0 Å². The number of thiophene rings is 1. The molecule has 2 aromatic rings. The first-order valence-electron chi connectivity index (χ1n) is 5.77. The zero-order valence-corrected chi connectivity index (χ0v) is 10.2. The first-order chi connectivity index (χ1) is 8.22. The van der Waals surface area contributed by atoms with Crippen LogP contribution in [0.3, 0.4) is 0 Å². The predicted molar refractivity (Wildman–Crippen MR) is 70.3 cm³/mol. The summed E-state index contributed by atoms with van der Waals surface area (Å²) < 4.78 is 1.16. The molecule has 0 atom stereocenters. The van der Waals surface area contributed by atoms with Gasteiger partial charge in [0, 0.05) is 16.8 Å². The van der Waals surface area contributed by atoms with Gasteiger partial charge in [0.05, 0.1) is 4.88 Å². The largest absolute Gasteiger partial charge is 0.348 e. The molecule has 1 aromatic heterocycles. The van der Waals surface area contributed by atoms with Gasteiger partial charge in [-0.15, -0.1) is 11.3 Å². The molecule has 3 nitrogen and oxygen atoms in total. The molecule has 1 aliphatic rings. The highest BCUT2D eigenvalue weighted by Crippen LogP contribution is 2.26. The van der Waals surface area contributed by atoms with E-state index in [1.54, 1.807) is 0 Å². The van der Waals surface area contributed by atoms with Crippen LogP contribution in [0.25, 0.3) is 10.1 Å². The number of rotatable bonds is 2. The molecule has 1 fully saturated rings. The van der Waals surface area contributed by atoms with Crippen LogP contribution in [0.4, 0.5) is 0 Å². The summed E-state index contributed by atoms with van der Waals surface area (Å²) in [7, 11) is 0. The van der Waals surface area contributed by atoms with Crippen molar-refractivity contribution in [2.75, 3.05) is 0 Å². The highest BCUT2D eigenvalue weighted by molar-refractivity contribution is 7.20. The third-order valence-corrected chi connectivity index (χ3v) is 4.27. The first-order valence-corrected chi connectivity index (χ1v) is 6.59. The molecule has 0 spiro atoms. The molecule has 0 aliphatic heterocycles. The van der Waals surface area contributed by atoms with Gasteiger partial charge in [0.25, 0.3) is 5.91 Å². The maximum absolute atomic E-state index is 12.0. The predicted octanol–water partition coefficient (Wildman–Crippen LogP) is 2.12. The summed E-state index contributed by atoms with van der Waals surface area (Å²) in [6.45, 7) is 0. The Hall–Kier alpha value is -1.39. The van der Waals surface area contributed by atoms with E-state index < -0.39 is 0 Å². The molecule has 0 saturated heterocycles. The van der Waals surface area contributed by atoms with E-state index in [2.05, 4.69) is 5.32 Å². The Bertz CT molecular complexity index is 524. The average Bonchev–Trinajstić information content (AvgIpc) is 2.70. The molecule has 1 saturated carbocycles. The van der Waals surface area contributed by atoms with Gasteiger partial charge in [-0.2, -0.15) is 0 Å². The van der Waals surface area contributed by atoms with Gasteiger partial charge >= 0.3 is 0 Å². The minimum atomic E-state index is 0.0306. The van der Waals surface area contributed by atoms with E-state index in [0.717, 1.165) is 27.8 Å². The molecule has 1 heterocycles. The minimum Gasteiger partial charge on any atom is -0.348 e. The van der Waals surface area contributed by atoms with E-state index in [1.807, 2.05) is 30.3 Å². The fourth-order valence-electron chi connectivity index (χ4n) is 2.13. The monoisotopic (exact) mass is 246 g/mol. The molecular formula is C13H14N2OS. The van der Waals surface area contributed by atoms with E-state index in [0.29, 0.717) is 0 Å². The first kappa shape index (κ1) is 10.7. The Morgan fingerprint density at radius 1 is 1.35 bits per heavy atom. The second kappa shape index (κ2) is 4.13. The van der Waals surface area contributed by atoms with Crippen molar-refractivity contribution in [2.24, 2.45) is 5.73 Å². The molecule has 0 unspecified atom stereocenters. The molecule has 4 heteroatoms. The number of amides is 1. The normalized spacial score (nSPS) is 23.4. The SMILES string of the molecule is NC1CC(NC(=O)c2cc3ccccc3s2)C1. The van der Waals surface area contributed by atoms with Crippen molar-refractivity contribution in [1.82, 2.24) is 5.32 Å². The summed E-state index contributed by atoms with van der Waals surface area (Å²) in [5, 5.41) is 4.15. The molecule has 3 rings (SSSR count). The molecular weight excluding hydrogens is 232 g/mol. The van der Waals surface area contributed by atoms with Gasteiger partial charge in [0.1, 0.15) is 0 Å². The maximum atomic E-state index is 12.0. The number of nitrogens with two attached hydrogens (primary N) is 1. The van der Waals surface area contributed by atoms with E-state index in [-0.39, 0.29) is 18.0 Å². The van der Waals surface area contributed by atoms with Crippen LogP contribution in [0.15, 0.2) is 30.3 Å². The molecule has 3 N–H and O–H groups in total. The number of hydrogen-bond donors (Lipinski definition) is 2. The maximum Gasteiger partial charge on any atom is 0.261 e. The van der Waals surface area contributed by atoms with Crippen molar-refractivity contribution in [3.63, 3.8) is 0 Å². The fraction of sp³-hybridized carbons (Fsp3) is 0.308.